The van der Waals surface area contributed by atoms with Gasteiger partial charge in [0.1, 0.15) is 0 Å². The first-order valence-electron chi connectivity index (χ1n) is 8.81. The van der Waals surface area contributed by atoms with Gasteiger partial charge in [-0.15, -0.1) is 16.4 Å². The zero-order chi connectivity index (χ0) is 18.8. The average molecular weight is 387 g/mol. The van der Waals surface area contributed by atoms with E-state index in [2.05, 4.69) is 30.3 Å². The van der Waals surface area contributed by atoms with E-state index in [1.54, 1.807) is 4.52 Å². The molecular formula is C17H21N7O2S. The van der Waals surface area contributed by atoms with Gasteiger partial charge in [-0.3, -0.25) is 9.69 Å². The number of carbonyl (C=O) groups is 1. The maximum Gasteiger partial charge on any atom is 0.252 e. The Kier molecular flexibility index (Phi) is 5.10. The molecule has 1 aliphatic heterocycles. The molecule has 3 aromatic rings. The van der Waals surface area contributed by atoms with Gasteiger partial charge < -0.3 is 10.1 Å². The second-order valence-electron chi connectivity index (χ2n) is 6.54. The van der Waals surface area contributed by atoms with Crippen LogP contribution in [0.25, 0.3) is 5.78 Å². The van der Waals surface area contributed by atoms with Crippen LogP contribution in [0.3, 0.4) is 0 Å². The first kappa shape index (κ1) is 18.0. The van der Waals surface area contributed by atoms with Crippen molar-refractivity contribution >= 4 is 28.2 Å². The first-order valence-corrected chi connectivity index (χ1v) is 9.69. The summed E-state index contributed by atoms with van der Waals surface area (Å²) in [6.45, 7) is 7.95. The van der Waals surface area contributed by atoms with E-state index in [0.29, 0.717) is 16.7 Å². The van der Waals surface area contributed by atoms with Crippen LogP contribution in [0, 0.1) is 13.8 Å². The Morgan fingerprint density at radius 2 is 2.07 bits per heavy atom. The average Bonchev–Trinajstić information content (AvgIpc) is 3.22. The maximum atomic E-state index is 12.3. The van der Waals surface area contributed by atoms with Crippen LogP contribution in [0.2, 0.25) is 0 Å². The number of morpholine rings is 1. The molecule has 1 saturated heterocycles. The summed E-state index contributed by atoms with van der Waals surface area (Å²) in [4.78, 5) is 27.8. The molecule has 0 bridgehead atoms. The molecule has 10 heteroatoms. The number of ether oxygens (including phenoxy) is 1. The number of rotatable bonds is 5. The highest BCUT2D eigenvalue weighted by Crippen LogP contribution is 2.17. The largest absolute Gasteiger partial charge is 0.379 e. The monoisotopic (exact) mass is 387 g/mol. The number of thiazole rings is 1. The molecule has 1 aliphatic rings. The maximum absolute atomic E-state index is 12.3. The van der Waals surface area contributed by atoms with Gasteiger partial charge in [0.15, 0.2) is 11.0 Å². The second-order valence-corrected chi connectivity index (χ2v) is 7.39. The van der Waals surface area contributed by atoms with Crippen molar-refractivity contribution in [1.29, 1.82) is 0 Å². The number of fused-ring (bicyclic) bond motifs is 1. The number of carbonyl (C=O) groups excluding carboxylic acids is 1. The Morgan fingerprint density at radius 3 is 2.89 bits per heavy atom. The number of anilines is 1. The van der Waals surface area contributed by atoms with E-state index >= 15 is 0 Å². The standard InChI is InChI=1S/C17H21N7O2S/c1-11-7-12(2)24-16(18-11)20-14(22-24)8-15(25)21-17-19-13(10-27-17)9-23-3-5-26-6-4-23/h7,10H,3-6,8-9H2,1-2H3,(H,19,21,25). The lowest BCUT2D eigenvalue weighted by molar-refractivity contribution is -0.115. The number of aromatic nitrogens is 5. The SMILES string of the molecule is Cc1cc(C)n2nc(CC(=O)Nc3nc(CN4CCOCC4)cs3)nc2n1. The normalized spacial score (nSPS) is 15.3. The minimum absolute atomic E-state index is 0.0836. The summed E-state index contributed by atoms with van der Waals surface area (Å²) in [6.07, 6.45) is 0.0836. The van der Waals surface area contributed by atoms with Gasteiger partial charge in [0.25, 0.3) is 5.78 Å². The third kappa shape index (κ3) is 4.29. The Balaban J connectivity index is 1.37. The highest BCUT2D eigenvalue weighted by Gasteiger charge is 2.15. The van der Waals surface area contributed by atoms with Crippen LogP contribution in [0.4, 0.5) is 5.13 Å². The van der Waals surface area contributed by atoms with E-state index in [1.165, 1.54) is 11.3 Å². The van der Waals surface area contributed by atoms with E-state index in [0.717, 1.165) is 49.9 Å². The van der Waals surface area contributed by atoms with Crippen molar-refractivity contribution in [2.24, 2.45) is 0 Å². The summed E-state index contributed by atoms with van der Waals surface area (Å²) in [7, 11) is 0. The summed E-state index contributed by atoms with van der Waals surface area (Å²) in [5.41, 5.74) is 2.77. The van der Waals surface area contributed by atoms with Crippen LogP contribution >= 0.6 is 11.3 Å². The smallest absolute Gasteiger partial charge is 0.252 e. The molecule has 0 spiro atoms. The lowest BCUT2D eigenvalue weighted by Crippen LogP contribution is -2.35. The van der Waals surface area contributed by atoms with E-state index in [-0.39, 0.29) is 12.3 Å². The summed E-state index contributed by atoms with van der Waals surface area (Å²) in [5.74, 6) is 0.767. The molecule has 0 aromatic carbocycles. The van der Waals surface area contributed by atoms with Crippen molar-refractivity contribution in [3.8, 4) is 0 Å². The van der Waals surface area contributed by atoms with Crippen molar-refractivity contribution in [3.63, 3.8) is 0 Å². The lowest BCUT2D eigenvalue weighted by atomic mass is 10.3. The third-order valence-electron chi connectivity index (χ3n) is 4.27. The Hall–Kier alpha value is -2.43. The summed E-state index contributed by atoms with van der Waals surface area (Å²) < 4.78 is 7.01. The molecule has 0 unspecified atom stereocenters. The zero-order valence-corrected chi connectivity index (χ0v) is 16.1. The number of hydrogen-bond acceptors (Lipinski definition) is 8. The van der Waals surface area contributed by atoms with Gasteiger partial charge in [0.05, 0.1) is 25.3 Å². The minimum atomic E-state index is -0.187. The van der Waals surface area contributed by atoms with Gasteiger partial charge in [-0.1, -0.05) is 0 Å². The molecule has 3 aromatic heterocycles. The summed E-state index contributed by atoms with van der Waals surface area (Å²) in [5, 5.41) is 9.77. The fraction of sp³-hybridized carbons (Fsp3) is 0.471. The van der Waals surface area contributed by atoms with E-state index < -0.39 is 0 Å². The minimum Gasteiger partial charge on any atom is -0.379 e. The number of nitrogens with zero attached hydrogens (tertiary/aromatic N) is 6. The van der Waals surface area contributed by atoms with Gasteiger partial charge in [-0.05, 0) is 19.9 Å². The molecule has 142 valence electrons. The van der Waals surface area contributed by atoms with Gasteiger partial charge >= 0.3 is 0 Å². The molecule has 4 rings (SSSR count). The van der Waals surface area contributed by atoms with Crippen molar-refractivity contribution < 1.29 is 9.53 Å². The number of nitrogens with one attached hydrogen (secondary N) is 1. The fourth-order valence-electron chi connectivity index (χ4n) is 3.02. The summed E-state index contributed by atoms with van der Waals surface area (Å²) >= 11 is 1.43. The van der Waals surface area contributed by atoms with Crippen LogP contribution in [0.1, 0.15) is 22.9 Å². The van der Waals surface area contributed by atoms with Crippen LogP contribution in [0.15, 0.2) is 11.4 Å². The Bertz CT molecular complexity index is 962. The molecule has 1 N–H and O–H groups in total. The van der Waals surface area contributed by atoms with Gasteiger partial charge in [0.2, 0.25) is 5.91 Å². The van der Waals surface area contributed by atoms with Gasteiger partial charge in [0, 0.05) is 36.4 Å². The Morgan fingerprint density at radius 1 is 1.26 bits per heavy atom. The molecule has 1 amide bonds. The second kappa shape index (κ2) is 7.67. The van der Waals surface area contributed by atoms with Crippen molar-refractivity contribution in [2.45, 2.75) is 26.8 Å². The van der Waals surface area contributed by atoms with Gasteiger partial charge in [-0.2, -0.15) is 4.98 Å². The number of amides is 1. The fourth-order valence-corrected chi connectivity index (χ4v) is 3.73. The Labute approximate surface area is 160 Å². The van der Waals surface area contributed by atoms with Crippen LogP contribution < -0.4 is 5.32 Å². The highest BCUT2D eigenvalue weighted by molar-refractivity contribution is 7.13. The van der Waals surface area contributed by atoms with E-state index in [4.69, 9.17) is 4.74 Å². The molecule has 1 fully saturated rings. The predicted octanol–water partition coefficient (Wildman–Crippen LogP) is 1.21. The molecule has 0 saturated carbocycles. The van der Waals surface area contributed by atoms with Crippen molar-refractivity contribution in [2.75, 3.05) is 31.6 Å². The predicted molar refractivity (Wildman–Crippen MR) is 101 cm³/mol. The first-order chi connectivity index (χ1) is 13.1. The molecule has 0 atom stereocenters. The number of hydrogen-bond donors (Lipinski definition) is 1. The van der Waals surface area contributed by atoms with E-state index in [1.807, 2.05) is 25.3 Å². The third-order valence-corrected chi connectivity index (χ3v) is 5.07. The molecule has 27 heavy (non-hydrogen) atoms. The van der Waals surface area contributed by atoms with Gasteiger partial charge in [-0.25, -0.2) is 14.5 Å². The topological polar surface area (TPSA) is 97.5 Å². The molecule has 0 aliphatic carbocycles. The van der Waals surface area contributed by atoms with Crippen LogP contribution in [0.5, 0.6) is 0 Å². The highest BCUT2D eigenvalue weighted by atomic mass is 32.1. The molecular weight excluding hydrogens is 366 g/mol. The molecule has 0 radical (unpaired) electrons. The number of aryl methyl sites for hydroxylation is 2. The molecule has 4 heterocycles. The zero-order valence-electron chi connectivity index (χ0n) is 15.3. The summed E-state index contributed by atoms with van der Waals surface area (Å²) in [6, 6.07) is 1.93. The lowest BCUT2D eigenvalue weighted by Gasteiger charge is -2.25. The van der Waals surface area contributed by atoms with Crippen LogP contribution in [-0.4, -0.2) is 61.7 Å². The van der Waals surface area contributed by atoms with Crippen molar-refractivity contribution in [1.82, 2.24) is 29.5 Å². The van der Waals surface area contributed by atoms with Crippen LogP contribution in [-0.2, 0) is 22.5 Å². The van der Waals surface area contributed by atoms with Crippen molar-refractivity contribution in [3.05, 3.63) is 34.4 Å². The quantitative estimate of drug-likeness (QED) is 0.703. The van der Waals surface area contributed by atoms with E-state index in [9.17, 15) is 4.79 Å². The molecule has 9 nitrogen and oxygen atoms in total.